The molecule has 1 aliphatic heterocycles. The van der Waals surface area contributed by atoms with E-state index < -0.39 is 10.8 Å². The van der Waals surface area contributed by atoms with Gasteiger partial charge in [-0.15, -0.1) is 0 Å². The van der Waals surface area contributed by atoms with Crippen molar-refractivity contribution >= 4 is 16.7 Å². The molecule has 3 fully saturated rings. The highest BCUT2D eigenvalue weighted by atomic mass is 32.2. The molecule has 5 heteroatoms. The lowest BCUT2D eigenvalue weighted by Crippen LogP contribution is -2.46. The van der Waals surface area contributed by atoms with Gasteiger partial charge in [-0.25, -0.2) is 0 Å². The SMILES string of the molecule is CCS(=O)CCN1C(=O)C2(CCCC2)NC1C1CCCC1. The van der Waals surface area contributed by atoms with E-state index in [0.717, 1.165) is 25.7 Å². The zero-order valence-electron chi connectivity index (χ0n) is 13.1. The summed E-state index contributed by atoms with van der Waals surface area (Å²) in [5.41, 5.74) is -0.277. The lowest BCUT2D eigenvalue weighted by atomic mass is 9.97. The van der Waals surface area contributed by atoms with Gasteiger partial charge in [-0.1, -0.05) is 32.6 Å². The van der Waals surface area contributed by atoms with Crippen LogP contribution in [0.2, 0.25) is 0 Å². The molecule has 0 aromatic heterocycles. The van der Waals surface area contributed by atoms with Crippen LogP contribution in [0.25, 0.3) is 0 Å². The zero-order valence-corrected chi connectivity index (χ0v) is 13.9. The quantitative estimate of drug-likeness (QED) is 0.845. The summed E-state index contributed by atoms with van der Waals surface area (Å²) in [6.07, 6.45) is 9.54. The molecule has 2 unspecified atom stereocenters. The Morgan fingerprint density at radius 1 is 1.24 bits per heavy atom. The first-order valence-electron chi connectivity index (χ1n) is 8.60. The largest absolute Gasteiger partial charge is 0.324 e. The Balaban J connectivity index is 1.74. The Morgan fingerprint density at radius 2 is 1.90 bits per heavy atom. The van der Waals surface area contributed by atoms with E-state index in [-0.39, 0.29) is 11.7 Å². The number of nitrogens with zero attached hydrogens (tertiary/aromatic N) is 1. The van der Waals surface area contributed by atoms with Gasteiger partial charge in [0.2, 0.25) is 5.91 Å². The average molecular weight is 312 g/mol. The van der Waals surface area contributed by atoms with E-state index in [9.17, 15) is 9.00 Å². The van der Waals surface area contributed by atoms with Crippen LogP contribution in [0.4, 0.5) is 0 Å². The van der Waals surface area contributed by atoms with Gasteiger partial charge >= 0.3 is 0 Å². The monoisotopic (exact) mass is 312 g/mol. The first kappa shape index (κ1) is 15.5. The highest BCUT2D eigenvalue weighted by Gasteiger charge is 2.53. The summed E-state index contributed by atoms with van der Waals surface area (Å²) in [6.45, 7) is 2.61. The van der Waals surface area contributed by atoms with Crippen LogP contribution in [0, 0.1) is 5.92 Å². The first-order chi connectivity index (χ1) is 10.2. The van der Waals surface area contributed by atoms with Gasteiger partial charge in [0.15, 0.2) is 0 Å². The Kier molecular flexibility index (Phi) is 4.69. The fourth-order valence-electron chi connectivity index (χ4n) is 4.39. The van der Waals surface area contributed by atoms with Crippen molar-refractivity contribution in [1.82, 2.24) is 10.2 Å². The summed E-state index contributed by atoms with van der Waals surface area (Å²) >= 11 is 0. The molecule has 2 aliphatic carbocycles. The number of hydrogen-bond donors (Lipinski definition) is 1. The molecule has 1 N–H and O–H groups in total. The molecule has 3 rings (SSSR count). The fourth-order valence-corrected chi connectivity index (χ4v) is 5.08. The minimum absolute atomic E-state index is 0.201. The Bertz CT molecular complexity index is 415. The molecule has 2 atom stereocenters. The smallest absolute Gasteiger partial charge is 0.244 e. The van der Waals surface area contributed by atoms with Gasteiger partial charge in [0, 0.05) is 28.9 Å². The molecule has 21 heavy (non-hydrogen) atoms. The molecule has 1 spiro atoms. The van der Waals surface area contributed by atoms with Gasteiger partial charge in [-0.2, -0.15) is 0 Å². The number of amides is 1. The molecule has 3 aliphatic rings. The highest BCUT2D eigenvalue weighted by Crippen LogP contribution is 2.40. The summed E-state index contributed by atoms with van der Waals surface area (Å²) in [5.74, 6) is 2.21. The second-order valence-electron chi connectivity index (χ2n) is 6.85. The van der Waals surface area contributed by atoms with E-state index >= 15 is 0 Å². The van der Waals surface area contributed by atoms with Crippen molar-refractivity contribution in [2.45, 2.75) is 70.0 Å². The number of nitrogens with one attached hydrogen (secondary N) is 1. The predicted octanol–water partition coefficient (Wildman–Crippen LogP) is 2.02. The molecule has 120 valence electrons. The van der Waals surface area contributed by atoms with Crippen LogP contribution in [-0.2, 0) is 15.6 Å². The van der Waals surface area contributed by atoms with Crippen molar-refractivity contribution in [2.75, 3.05) is 18.1 Å². The highest BCUT2D eigenvalue weighted by molar-refractivity contribution is 7.84. The third-order valence-corrected chi connectivity index (χ3v) is 6.90. The average Bonchev–Trinajstić information content (AvgIpc) is 3.21. The van der Waals surface area contributed by atoms with E-state index in [4.69, 9.17) is 0 Å². The Morgan fingerprint density at radius 3 is 2.52 bits per heavy atom. The van der Waals surface area contributed by atoms with Crippen molar-refractivity contribution in [1.29, 1.82) is 0 Å². The number of carbonyl (C=O) groups is 1. The van der Waals surface area contributed by atoms with Crippen molar-refractivity contribution in [3.05, 3.63) is 0 Å². The normalized spacial score (nSPS) is 30.6. The second-order valence-corrected chi connectivity index (χ2v) is 8.72. The van der Waals surface area contributed by atoms with Crippen LogP contribution >= 0.6 is 0 Å². The molecular formula is C16H28N2O2S. The summed E-state index contributed by atoms with van der Waals surface area (Å²) in [7, 11) is -0.789. The molecule has 4 nitrogen and oxygen atoms in total. The lowest BCUT2D eigenvalue weighted by Gasteiger charge is -2.28. The minimum atomic E-state index is -0.789. The third-order valence-electron chi connectivity index (χ3n) is 5.62. The maximum atomic E-state index is 13.0. The zero-order chi connectivity index (χ0) is 14.9. The van der Waals surface area contributed by atoms with Gasteiger partial charge in [0.25, 0.3) is 0 Å². The molecular weight excluding hydrogens is 284 g/mol. The van der Waals surface area contributed by atoms with Crippen molar-refractivity contribution < 1.29 is 9.00 Å². The van der Waals surface area contributed by atoms with Crippen LogP contribution in [0.1, 0.15) is 58.3 Å². The lowest BCUT2D eigenvalue weighted by molar-refractivity contribution is -0.133. The van der Waals surface area contributed by atoms with Crippen molar-refractivity contribution in [3.8, 4) is 0 Å². The van der Waals surface area contributed by atoms with E-state index in [1.54, 1.807) is 0 Å². The standard InChI is InChI=1S/C16H28N2O2S/c1-2-21(20)12-11-18-14(13-7-3-4-8-13)17-16(15(18)19)9-5-6-10-16/h13-14,17H,2-12H2,1H3. The first-order valence-corrected chi connectivity index (χ1v) is 10.1. The summed E-state index contributed by atoms with van der Waals surface area (Å²) < 4.78 is 11.8. The minimum Gasteiger partial charge on any atom is -0.324 e. The van der Waals surface area contributed by atoms with Gasteiger partial charge in [-0.3, -0.25) is 14.3 Å². The Hall–Kier alpha value is -0.420. The summed E-state index contributed by atoms with van der Waals surface area (Å²) in [6, 6.07) is 0. The van der Waals surface area contributed by atoms with Gasteiger partial charge < -0.3 is 4.90 Å². The topological polar surface area (TPSA) is 49.4 Å². The fraction of sp³-hybridized carbons (Fsp3) is 0.938. The van der Waals surface area contributed by atoms with E-state index in [1.807, 2.05) is 6.92 Å². The molecule has 1 heterocycles. The van der Waals surface area contributed by atoms with Gasteiger partial charge in [0.1, 0.15) is 0 Å². The molecule has 0 bridgehead atoms. The van der Waals surface area contributed by atoms with Crippen LogP contribution in [0.15, 0.2) is 0 Å². The molecule has 2 saturated carbocycles. The van der Waals surface area contributed by atoms with Crippen molar-refractivity contribution in [2.24, 2.45) is 5.92 Å². The van der Waals surface area contributed by atoms with Gasteiger partial charge in [0.05, 0.1) is 11.7 Å². The van der Waals surface area contributed by atoms with Crippen molar-refractivity contribution in [3.63, 3.8) is 0 Å². The van der Waals surface area contributed by atoms with Crippen LogP contribution in [0.5, 0.6) is 0 Å². The third kappa shape index (κ3) is 2.91. The van der Waals surface area contributed by atoms with Crippen LogP contribution < -0.4 is 5.32 Å². The van der Waals surface area contributed by atoms with Crippen LogP contribution in [-0.4, -0.2) is 44.8 Å². The molecule has 1 saturated heterocycles. The maximum Gasteiger partial charge on any atom is 0.244 e. The van der Waals surface area contributed by atoms with Gasteiger partial charge in [-0.05, 0) is 31.6 Å². The van der Waals surface area contributed by atoms with E-state index in [2.05, 4.69) is 10.2 Å². The number of hydrogen-bond acceptors (Lipinski definition) is 3. The molecule has 0 aromatic rings. The Labute approximate surface area is 130 Å². The number of carbonyl (C=O) groups excluding carboxylic acids is 1. The number of rotatable bonds is 5. The molecule has 0 radical (unpaired) electrons. The van der Waals surface area contributed by atoms with E-state index in [1.165, 1.54) is 25.7 Å². The summed E-state index contributed by atoms with van der Waals surface area (Å²) in [4.78, 5) is 15.0. The maximum absolute atomic E-state index is 13.0. The summed E-state index contributed by atoms with van der Waals surface area (Å²) in [5, 5.41) is 3.73. The van der Waals surface area contributed by atoms with Crippen LogP contribution in [0.3, 0.4) is 0 Å². The second kappa shape index (κ2) is 6.37. The molecule has 1 amide bonds. The predicted molar refractivity (Wildman–Crippen MR) is 85.3 cm³/mol. The van der Waals surface area contributed by atoms with E-state index in [0.29, 0.717) is 29.9 Å². The molecule has 0 aromatic carbocycles.